The molecule has 3 rings (SSSR count). The monoisotopic (exact) mass is 334 g/mol. The fourth-order valence-corrected chi connectivity index (χ4v) is 2.57. The lowest BCUT2D eigenvalue weighted by atomic mass is 9.89. The maximum atomic E-state index is 12.9. The average Bonchev–Trinajstić information content (AvgIpc) is 3.14. The van der Waals surface area contributed by atoms with E-state index < -0.39 is 11.6 Å². The zero-order chi connectivity index (χ0) is 17.9. The summed E-state index contributed by atoms with van der Waals surface area (Å²) in [5.74, 6) is 0.594. The Kier molecular flexibility index (Phi) is 4.70. The first-order valence-corrected chi connectivity index (χ1v) is 8.29. The molecule has 0 N–H and O–H groups in total. The smallest absolute Gasteiger partial charge is 0.235 e. The first-order valence-electron chi connectivity index (χ1n) is 8.29. The van der Waals surface area contributed by atoms with Gasteiger partial charge >= 0.3 is 0 Å². The van der Waals surface area contributed by atoms with Crippen molar-refractivity contribution in [2.45, 2.75) is 27.0 Å². The van der Waals surface area contributed by atoms with Crippen molar-refractivity contribution in [1.82, 2.24) is 9.55 Å². The van der Waals surface area contributed by atoms with Crippen LogP contribution in [0.4, 0.5) is 0 Å². The molecule has 0 amide bonds. The van der Waals surface area contributed by atoms with Crippen molar-refractivity contribution in [3.63, 3.8) is 0 Å². The number of pyridine rings is 1. The van der Waals surface area contributed by atoms with Crippen molar-refractivity contribution in [2.75, 3.05) is 0 Å². The maximum absolute atomic E-state index is 12.9. The first kappa shape index (κ1) is 17.0. The van der Waals surface area contributed by atoms with Crippen LogP contribution >= 0.6 is 0 Å². The minimum Gasteiger partial charge on any atom is -0.460 e. The van der Waals surface area contributed by atoms with Gasteiger partial charge in [0.1, 0.15) is 5.75 Å². The van der Waals surface area contributed by atoms with Gasteiger partial charge in [-0.3, -0.25) is 9.78 Å². The fraction of sp³-hybridized carbons (Fsp3) is 0.238. The summed E-state index contributed by atoms with van der Waals surface area (Å²) in [6.45, 7) is 5.70. The molecule has 0 aliphatic carbocycles. The third-order valence-corrected chi connectivity index (χ3v) is 3.97. The molecule has 2 aromatic heterocycles. The molecule has 0 saturated carbocycles. The molecule has 1 atom stereocenters. The molecule has 3 aromatic rings. The summed E-state index contributed by atoms with van der Waals surface area (Å²) in [6, 6.07) is 15.6. The Bertz CT molecular complexity index is 834. The number of rotatable bonds is 5. The number of ether oxygens (including phenoxy) is 1. The van der Waals surface area contributed by atoms with Crippen LogP contribution in [-0.4, -0.2) is 15.3 Å². The lowest BCUT2D eigenvalue weighted by Crippen LogP contribution is -2.33. The van der Waals surface area contributed by atoms with Crippen molar-refractivity contribution >= 4 is 5.78 Å². The quantitative estimate of drug-likeness (QED) is 0.677. The second kappa shape index (κ2) is 6.93. The lowest BCUT2D eigenvalue weighted by Gasteiger charge is -2.27. The number of aromatic nitrogens is 2. The first-order chi connectivity index (χ1) is 12.0. The number of carbonyl (C=O) groups is 1. The third-order valence-electron chi connectivity index (χ3n) is 3.97. The van der Waals surface area contributed by atoms with Crippen LogP contribution in [0, 0.1) is 5.41 Å². The van der Waals surface area contributed by atoms with E-state index in [0.717, 1.165) is 11.1 Å². The molecular weight excluding hydrogens is 312 g/mol. The van der Waals surface area contributed by atoms with Gasteiger partial charge in [0.05, 0.1) is 6.20 Å². The maximum Gasteiger partial charge on any atom is 0.235 e. The van der Waals surface area contributed by atoms with Crippen molar-refractivity contribution in [3.05, 3.63) is 73.3 Å². The Morgan fingerprint density at radius 1 is 1.04 bits per heavy atom. The van der Waals surface area contributed by atoms with Gasteiger partial charge in [-0.1, -0.05) is 51.1 Å². The molecule has 25 heavy (non-hydrogen) atoms. The molecule has 4 heteroatoms. The van der Waals surface area contributed by atoms with E-state index in [-0.39, 0.29) is 5.78 Å². The molecule has 2 heterocycles. The predicted molar refractivity (Wildman–Crippen MR) is 98.2 cm³/mol. The standard InChI is InChI=1S/C21H22N2O2/c1-21(2,3)19(24)20(23-13-7-8-14-23)25-18-15-22-12-11-17(18)16-9-5-4-6-10-16/h4-15,20H,1-3H3. The molecule has 1 unspecified atom stereocenters. The molecule has 0 bridgehead atoms. The number of hydrogen-bond donors (Lipinski definition) is 0. The largest absolute Gasteiger partial charge is 0.460 e. The highest BCUT2D eigenvalue weighted by Gasteiger charge is 2.32. The summed E-state index contributed by atoms with van der Waals surface area (Å²) >= 11 is 0. The van der Waals surface area contributed by atoms with Gasteiger partial charge < -0.3 is 9.30 Å². The molecule has 0 fully saturated rings. The second-order valence-corrected chi connectivity index (χ2v) is 6.95. The summed E-state index contributed by atoms with van der Waals surface area (Å²) in [5, 5.41) is 0. The highest BCUT2D eigenvalue weighted by atomic mass is 16.5. The minimum absolute atomic E-state index is 0.00608. The van der Waals surface area contributed by atoms with Gasteiger partial charge in [0.2, 0.25) is 6.23 Å². The zero-order valence-electron chi connectivity index (χ0n) is 14.7. The number of benzene rings is 1. The van der Waals surface area contributed by atoms with Crippen molar-refractivity contribution in [2.24, 2.45) is 5.41 Å². The van der Waals surface area contributed by atoms with E-state index in [1.807, 2.05) is 81.7 Å². The lowest BCUT2D eigenvalue weighted by molar-refractivity contribution is -0.137. The highest BCUT2D eigenvalue weighted by molar-refractivity contribution is 5.87. The topological polar surface area (TPSA) is 44.1 Å². The average molecular weight is 334 g/mol. The molecule has 0 saturated heterocycles. The van der Waals surface area contributed by atoms with Gasteiger partial charge in [-0.25, -0.2) is 0 Å². The normalized spacial score (nSPS) is 12.6. The van der Waals surface area contributed by atoms with E-state index >= 15 is 0 Å². The number of carbonyl (C=O) groups excluding carboxylic acids is 1. The number of Topliss-reactive ketones (excluding diaryl/α,β-unsaturated/α-hetero) is 1. The van der Waals surface area contributed by atoms with Crippen molar-refractivity contribution < 1.29 is 9.53 Å². The molecular formula is C21H22N2O2. The van der Waals surface area contributed by atoms with Gasteiger partial charge in [-0.05, 0) is 23.8 Å². The number of ketones is 1. The summed E-state index contributed by atoms with van der Waals surface area (Å²) in [7, 11) is 0. The van der Waals surface area contributed by atoms with Gasteiger partial charge in [0.15, 0.2) is 5.78 Å². The van der Waals surface area contributed by atoms with Crippen LogP contribution < -0.4 is 4.74 Å². The Labute approximate surface area is 148 Å². The number of hydrogen-bond acceptors (Lipinski definition) is 3. The molecule has 0 spiro atoms. The number of nitrogens with zero attached hydrogens (tertiary/aromatic N) is 2. The SMILES string of the molecule is CC(C)(C)C(=O)C(Oc1cnccc1-c1ccccc1)n1cccc1. The van der Waals surface area contributed by atoms with E-state index in [4.69, 9.17) is 4.74 Å². The van der Waals surface area contributed by atoms with Gasteiger partial charge in [0, 0.05) is 29.6 Å². The van der Waals surface area contributed by atoms with E-state index in [9.17, 15) is 4.79 Å². The second-order valence-electron chi connectivity index (χ2n) is 6.95. The Hall–Kier alpha value is -2.88. The summed E-state index contributed by atoms with van der Waals surface area (Å²) < 4.78 is 7.97. The van der Waals surface area contributed by atoms with Crippen LogP contribution in [0.1, 0.15) is 27.0 Å². The molecule has 1 aromatic carbocycles. The van der Waals surface area contributed by atoms with E-state index in [1.165, 1.54) is 0 Å². The Morgan fingerprint density at radius 2 is 1.72 bits per heavy atom. The van der Waals surface area contributed by atoms with Gasteiger partial charge in [0.25, 0.3) is 0 Å². The van der Waals surface area contributed by atoms with E-state index in [2.05, 4.69) is 4.98 Å². The van der Waals surface area contributed by atoms with Crippen LogP contribution in [0.15, 0.2) is 73.3 Å². The summed E-state index contributed by atoms with van der Waals surface area (Å²) in [4.78, 5) is 17.1. The Morgan fingerprint density at radius 3 is 2.36 bits per heavy atom. The molecule has 4 nitrogen and oxygen atoms in total. The molecule has 128 valence electrons. The summed E-state index contributed by atoms with van der Waals surface area (Å²) in [5.41, 5.74) is 1.41. The highest BCUT2D eigenvalue weighted by Crippen LogP contribution is 2.33. The van der Waals surface area contributed by atoms with Crippen LogP contribution in [0.5, 0.6) is 5.75 Å². The molecule has 0 radical (unpaired) electrons. The third kappa shape index (κ3) is 3.79. The molecule has 0 aliphatic heterocycles. The predicted octanol–water partition coefficient (Wildman–Crippen LogP) is 4.74. The van der Waals surface area contributed by atoms with Crippen LogP contribution in [0.25, 0.3) is 11.1 Å². The van der Waals surface area contributed by atoms with E-state index in [0.29, 0.717) is 5.75 Å². The molecule has 0 aliphatic rings. The van der Waals surface area contributed by atoms with Gasteiger partial charge in [-0.2, -0.15) is 0 Å². The van der Waals surface area contributed by atoms with Crippen LogP contribution in [0.3, 0.4) is 0 Å². The minimum atomic E-state index is -0.735. The van der Waals surface area contributed by atoms with Crippen LogP contribution in [-0.2, 0) is 4.79 Å². The Balaban J connectivity index is 2.00. The fourth-order valence-electron chi connectivity index (χ4n) is 2.57. The zero-order valence-corrected chi connectivity index (χ0v) is 14.7. The summed E-state index contributed by atoms with van der Waals surface area (Å²) in [6.07, 6.45) is 6.33. The van der Waals surface area contributed by atoms with E-state index in [1.54, 1.807) is 17.0 Å². The van der Waals surface area contributed by atoms with Crippen LogP contribution in [0.2, 0.25) is 0 Å². The van der Waals surface area contributed by atoms with Gasteiger partial charge in [-0.15, -0.1) is 0 Å². The van der Waals surface area contributed by atoms with Crippen molar-refractivity contribution in [1.29, 1.82) is 0 Å². The van der Waals surface area contributed by atoms with Crippen molar-refractivity contribution in [3.8, 4) is 16.9 Å².